The van der Waals surface area contributed by atoms with Gasteiger partial charge in [0.2, 0.25) is 5.91 Å². The molecule has 2 aromatic rings. The van der Waals surface area contributed by atoms with E-state index in [1.165, 1.54) is 5.56 Å². The van der Waals surface area contributed by atoms with Crippen molar-refractivity contribution in [2.24, 2.45) is 0 Å². The molecule has 0 atom stereocenters. The molecule has 21 heavy (non-hydrogen) atoms. The van der Waals surface area contributed by atoms with Crippen molar-refractivity contribution in [3.8, 4) is 16.9 Å². The highest BCUT2D eigenvalue weighted by molar-refractivity contribution is 5.79. The van der Waals surface area contributed by atoms with E-state index in [0.29, 0.717) is 13.0 Å². The van der Waals surface area contributed by atoms with E-state index >= 15 is 0 Å². The van der Waals surface area contributed by atoms with Crippen LogP contribution in [0.1, 0.15) is 18.1 Å². The Morgan fingerprint density at radius 2 is 1.86 bits per heavy atom. The lowest BCUT2D eigenvalue weighted by Crippen LogP contribution is -2.24. The van der Waals surface area contributed by atoms with Gasteiger partial charge in [0.1, 0.15) is 5.75 Å². The molecular weight excluding hydrogens is 262 g/mol. The normalized spacial score (nSPS) is 10.2. The first-order chi connectivity index (χ1) is 10.1. The molecular formula is C18H21NO2. The summed E-state index contributed by atoms with van der Waals surface area (Å²) in [7, 11) is 1.68. The Bertz CT molecular complexity index is 618. The number of benzene rings is 2. The number of likely N-dealkylation sites (N-methyl/N-ethyl adjacent to an activating group) is 1. The Morgan fingerprint density at radius 1 is 1.14 bits per heavy atom. The molecule has 0 bridgehead atoms. The van der Waals surface area contributed by atoms with Crippen LogP contribution >= 0.6 is 0 Å². The summed E-state index contributed by atoms with van der Waals surface area (Å²) < 4.78 is 5.42. The zero-order valence-electron chi connectivity index (χ0n) is 12.8. The summed E-state index contributed by atoms with van der Waals surface area (Å²) in [5.41, 5.74) is 4.37. The van der Waals surface area contributed by atoms with E-state index in [4.69, 9.17) is 4.74 Å². The van der Waals surface area contributed by atoms with Crippen LogP contribution in [0.5, 0.6) is 5.75 Å². The first kappa shape index (κ1) is 15.1. The Morgan fingerprint density at radius 3 is 2.48 bits per heavy atom. The Labute approximate surface area is 126 Å². The molecule has 0 aromatic heterocycles. The molecule has 0 fully saturated rings. The zero-order valence-corrected chi connectivity index (χ0v) is 12.8. The molecule has 2 rings (SSSR count). The van der Waals surface area contributed by atoms with Gasteiger partial charge in [-0.1, -0.05) is 35.9 Å². The minimum Gasteiger partial charge on any atom is -0.496 e. The highest BCUT2D eigenvalue weighted by Gasteiger charge is 2.07. The average Bonchev–Trinajstić information content (AvgIpc) is 2.48. The summed E-state index contributed by atoms with van der Waals surface area (Å²) in [6.45, 7) is 4.65. The van der Waals surface area contributed by atoms with E-state index < -0.39 is 0 Å². The average molecular weight is 283 g/mol. The van der Waals surface area contributed by atoms with Gasteiger partial charge in [-0.05, 0) is 37.1 Å². The fourth-order valence-electron chi connectivity index (χ4n) is 2.29. The molecule has 3 nitrogen and oxygen atoms in total. The van der Waals surface area contributed by atoms with Crippen LogP contribution in [0.2, 0.25) is 0 Å². The van der Waals surface area contributed by atoms with Crippen molar-refractivity contribution in [1.82, 2.24) is 5.32 Å². The van der Waals surface area contributed by atoms with Crippen LogP contribution in [0, 0.1) is 6.92 Å². The summed E-state index contributed by atoms with van der Waals surface area (Å²) in [5, 5.41) is 2.81. The number of nitrogens with one attached hydrogen (secondary N) is 1. The third-order valence-corrected chi connectivity index (χ3v) is 3.36. The highest BCUT2D eigenvalue weighted by atomic mass is 16.5. The first-order valence-electron chi connectivity index (χ1n) is 7.14. The quantitative estimate of drug-likeness (QED) is 0.914. The van der Waals surface area contributed by atoms with Crippen molar-refractivity contribution in [2.45, 2.75) is 20.3 Å². The lowest BCUT2D eigenvalue weighted by Gasteiger charge is -2.10. The largest absolute Gasteiger partial charge is 0.496 e. The Kier molecular flexibility index (Phi) is 4.99. The second-order valence-corrected chi connectivity index (χ2v) is 5.03. The van der Waals surface area contributed by atoms with Crippen molar-refractivity contribution in [1.29, 1.82) is 0 Å². The maximum absolute atomic E-state index is 11.6. The fraction of sp³-hybridized carbons (Fsp3) is 0.278. The predicted octanol–water partition coefficient (Wildman–Crippen LogP) is 3.35. The Balaban J connectivity index is 2.23. The van der Waals surface area contributed by atoms with Gasteiger partial charge < -0.3 is 10.1 Å². The number of hydrogen-bond acceptors (Lipinski definition) is 2. The first-order valence-corrected chi connectivity index (χ1v) is 7.14. The van der Waals surface area contributed by atoms with Gasteiger partial charge in [0.15, 0.2) is 0 Å². The maximum atomic E-state index is 11.6. The highest BCUT2D eigenvalue weighted by Crippen LogP contribution is 2.30. The van der Waals surface area contributed by atoms with Crippen LogP contribution in [-0.4, -0.2) is 19.6 Å². The number of rotatable bonds is 5. The van der Waals surface area contributed by atoms with Gasteiger partial charge in [0, 0.05) is 12.1 Å². The molecule has 0 aliphatic carbocycles. The molecule has 0 aliphatic rings. The number of methoxy groups -OCH3 is 1. The fourth-order valence-corrected chi connectivity index (χ4v) is 2.29. The monoisotopic (exact) mass is 283 g/mol. The molecule has 0 heterocycles. The molecule has 0 aliphatic heterocycles. The summed E-state index contributed by atoms with van der Waals surface area (Å²) in [6, 6.07) is 14.2. The van der Waals surface area contributed by atoms with Gasteiger partial charge in [-0.25, -0.2) is 0 Å². The number of aryl methyl sites for hydroxylation is 1. The molecule has 1 amide bonds. The molecule has 0 radical (unpaired) electrons. The standard InChI is InChI=1S/C18H21NO2/c1-4-19-18(20)12-14-6-8-15(9-7-14)16-11-13(2)5-10-17(16)21-3/h5-11H,4,12H2,1-3H3,(H,19,20). The lowest BCUT2D eigenvalue weighted by atomic mass is 10.00. The molecule has 0 unspecified atom stereocenters. The molecule has 110 valence electrons. The van der Waals surface area contributed by atoms with E-state index in [2.05, 4.69) is 18.3 Å². The molecule has 0 saturated carbocycles. The molecule has 1 N–H and O–H groups in total. The summed E-state index contributed by atoms with van der Waals surface area (Å²) in [6.07, 6.45) is 0.416. The maximum Gasteiger partial charge on any atom is 0.224 e. The van der Waals surface area contributed by atoms with Crippen LogP contribution in [0.3, 0.4) is 0 Å². The van der Waals surface area contributed by atoms with Gasteiger partial charge in [0.25, 0.3) is 0 Å². The van der Waals surface area contributed by atoms with Gasteiger partial charge in [0.05, 0.1) is 13.5 Å². The zero-order chi connectivity index (χ0) is 15.2. The van der Waals surface area contributed by atoms with Gasteiger partial charge >= 0.3 is 0 Å². The number of ether oxygens (including phenoxy) is 1. The van der Waals surface area contributed by atoms with E-state index in [9.17, 15) is 4.79 Å². The van der Waals surface area contributed by atoms with Gasteiger partial charge in [-0.2, -0.15) is 0 Å². The van der Waals surface area contributed by atoms with E-state index in [1.807, 2.05) is 43.3 Å². The summed E-state index contributed by atoms with van der Waals surface area (Å²) in [5.74, 6) is 0.912. The lowest BCUT2D eigenvalue weighted by molar-refractivity contribution is -0.120. The van der Waals surface area contributed by atoms with Crippen molar-refractivity contribution in [3.63, 3.8) is 0 Å². The van der Waals surface area contributed by atoms with Crippen molar-refractivity contribution >= 4 is 5.91 Å². The van der Waals surface area contributed by atoms with Gasteiger partial charge in [-0.15, -0.1) is 0 Å². The summed E-state index contributed by atoms with van der Waals surface area (Å²) in [4.78, 5) is 11.6. The molecule has 2 aromatic carbocycles. The number of carbonyl (C=O) groups is 1. The number of amides is 1. The van der Waals surface area contributed by atoms with Crippen molar-refractivity contribution in [2.75, 3.05) is 13.7 Å². The Hall–Kier alpha value is -2.29. The van der Waals surface area contributed by atoms with Crippen LogP contribution < -0.4 is 10.1 Å². The van der Waals surface area contributed by atoms with Crippen molar-refractivity contribution in [3.05, 3.63) is 53.6 Å². The predicted molar refractivity (Wildman–Crippen MR) is 85.6 cm³/mol. The van der Waals surface area contributed by atoms with Crippen LogP contribution in [0.25, 0.3) is 11.1 Å². The van der Waals surface area contributed by atoms with Crippen LogP contribution in [0.4, 0.5) is 0 Å². The van der Waals surface area contributed by atoms with E-state index in [0.717, 1.165) is 22.4 Å². The molecule has 0 saturated heterocycles. The molecule has 3 heteroatoms. The van der Waals surface area contributed by atoms with Crippen molar-refractivity contribution < 1.29 is 9.53 Å². The number of carbonyl (C=O) groups excluding carboxylic acids is 1. The third kappa shape index (κ3) is 3.85. The molecule has 0 spiro atoms. The second kappa shape index (κ2) is 6.93. The van der Waals surface area contributed by atoms with E-state index in [1.54, 1.807) is 7.11 Å². The smallest absolute Gasteiger partial charge is 0.224 e. The second-order valence-electron chi connectivity index (χ2n) is 5.03. The summed E-state index contributed by atoms with van der Waals surface area (Å²) >= 11 is 0. The van der Waals surface area contributed by atoms with Crippen LogP contribution in [0.15, 0.2) is 42.5 Å². The third-order valence-electron chi connectivity index (χ3n) is 3.36. The van der Waals surface area contributed by atoms with Crippen LogP contribution in [-0.2, 0) is 11.2 Å². The van der Waals surface area contributed by atoms with Gasteiger partial charge in [-0.3, -0.25) is 4.79 Å². The number of hydrogen-bond donors (Lipinski definition) is 1. The minimum absolute atomic E-state index is 0.0541. The minimum atomic E-state index is 0.0541. The topological polar surface area (TPSA) is 38.3 Å². The van der Waals surface area contributed by atoms with E-state index in [-0.39, 0.29) is 5.91 Å². The SMILES string of the molecule is CCNC(=O)Cc1ccc(-c2cc(C)ccc2OC)cc1.